The fraction of sp³-hybridized carbons (Fsp3) is 0. The summed E-state index contributed by atoms with van der Waals surface area (Å²) in [5, 5.41) is 4.80. The number of aromatic nitrogens is 5. The predicted molar refractivity (Wildman–Crippen MR) is 281 cm³/mol. The molecule has 0 spiro atoms. The SMILES string of the molecule is c1ccc(-c2cc(-c3ccccc3)c3c(c2)c2cc(-c4ccc5c(c4)c4ccccc4n5-c4ccccc4)ccc2n3-c2cccc(-c3nc(-c4ccccc4)nc(-c4ccccc4)n3)c2)cc1. The quantitative estimate of drug-likeness (QED) is 0.153. The number of benzene rings is 10. The van der Waals surface area contributed by atoms with Crippen LogP contribution in [0.2, 0.25) is 0 Å². The van der Waals surface area contributed by atoms with Gasteiger partial charge < -0.3 is 9.13 Å². The molecule has 0 unspecified atom stereocenters. The average molecular weight is 868 g/mol. The van der Waals surface area contributed by atoms with Crippen molar-refractivity contribution in [3.05, 3.63) is 249 Å². The average Bonchev–Trinajstić information content (AvgIpc) is 3.94. The Balaban J connectivity index is 1.05. The summed E-state index contributed by atoms with van der Waals surface area (Å²) in [7, 11) is 0. The van der Waals surface area contributed by atoms with E-state index in [2.05, 4.69) is 197 Å². The van der Waals surface area contributed by atoms with Crippen LogP contribution in [0.25, 0.3) is 123 Å². The maximum Gasteiger partial charge on any atom is 0.164 e. The maximum absolute atomic E-state index is 5.13. The van der Waals surface area contributed by atoms with E-state index in [1.807, 2.05) is 60.7 Å². The minimum atomic E-state index is 0.612. The van der Waals surface area contributed by atoms with Crippen LogP contribution in [0.1, 0.15) is 0 Å². The molecule has 0 bridgehead atoms. The van der Waals surface area contributed by atoms with Gasteiger partial charge in [-0.25, -0.2) is 15.0 Å². The van der Waals surface area contributed by atoms with Crippen LogP contribution in [0.5, 0.6) is 0 Å². The lowest BCUT2D eigenvalue weighted by molar-refractivity contribution is 1.07. The molecule has 318 valence electrons. The summed E-state index contributed by atoms with van der Waals surface area (Å²) in [6.07, 6.45) is 0. The largest absolute Gasteiger partial charge is 0.309 e. The first-order valence-corrected chi connectivity index (χ1v) is 23.0. The number of nitrogens with zero attached hydrogens (tertiary/aromatic N) is 5. The number of hydrogen-bond acceptors (Lipinski definition) is 3. The smallest absolute Gasteiger partial charge is 0.164 e. The zero-order chi connectivity index (χ0) is 45.0. The first kappa shape index (κ1) is 39.2. The lowest BCUT2D eigenvalue weighted by Gasteiger charge is -2.15. The van der Waals surface area contributed by atoms with Gasteiger partial charge in [0.05, 0.1) is 22.1 Å². The van der Waals surface area contributed by atoms with Gasteiger partial charge in [0.15, 0.2) is 17.5 Å². The molecule has 0 fully saturated rings. The van der Waals surface area contributed by atoms with Crippen molar-refractivity contribution in [1.29, 1.82) is 0 Å². The molecular weight excluding hydrogens is 827 g/mol. The van der Waals surface area contributed by atoms with Gasteiger partial charge >= 0.3 is 0 Å². The second-order valence-electron chi connectivity index (χ2n) is 17.2. The monoisotopic (exact) mass is 867 g/mol. The van der Waals surface area contributed by atoms with Crippen molar-refractivity contribution in [3.63, 3.8) is 0 Å². The molecule has 0 saturated heterocycles. The molecule has 0 radical (unpaired) electrons. The Kier molecular flexibility index (Phi) is 9.43. The highest BCUT2D eigenvalue weighted by molar-refractivity contribution is 6.17. The van der Waals surface area contributed by atoms with Gasteiger partial charge in [-0.15, -0.1) is 0 Å². The number of para-hydroxylation sites is 2. The van der Waals surface area contributed by atoms with Crippen LogP contribution < -0.4 is 0 Å². The fourth-order valence-corrected chi connectivity index (χ4v) is 9.96. The topological polar surface area (TPSA) is 48.5 Å². The Morgan fingerprint density at radius 2 is 0.676 bits per heavy atom. The van der Waals surface area contributed by atoms with Gasteiger partial charge in [0, 0.05) is 55.2 Å². The van der Waals surface area contributed by atoms with Gasteiger partial charge in [-0.1, -0.05) is 182 Å². The Morgan fingerprint density at radius 3 is 1.29 bits per heavy atom. The molecule has 68 heavy (non-hydrogen) atoms. The molecule has 10 aromatic carbocycles. The molecule has 5 heteroatoms. The summed E-state index contributed by atoms with van der Waals surface area (Å²) >= 11 is 0. The van der Waals surface area contributed by atoms with Gasteiger partial charge in [-0.2, -0.15) is 0 Å². The van der Waals surface area contributed by atoms with E-state index in [1.165, 1.54) is 43.7 Å². The highest BCUT2D eigenvalue weighted by atomic mass is 15.0. The Labute approximate surface area is 393 Å². The standard InChI is InChI=1S/C63H41N5/c1-6-19-42(20-7-1)49-40-53(43-21-8-2-9-22-43)60-56(41-49)55-39-47(46-33-35-58-54(38-46)52-31-16-17-32-57(52)67(58)50-28-14-5-15-29-50)34-36-59(55)68(60)51-30-18-27-48(37-51)63-65-61(44-23-10-3-11-24-44)64-62(66-63)45-25-12-4-13-26-45/h1-41H. The van der Waals surface area contributed by atoms with Crippen molar-refractivity contribution < 1.29 is 0 Å². The fourth-order valence-electron chi connectivity index (χ4n) is 9.96. The van der Waals surface area contributed by atoms with E-state index in [0.717, 1.165) is 61.4 Å². The van der Waals surface area contributed by atoms with E-state index in [4.69, 9.17) is 15.0 Å². The highest BCUT2D eigenvalue weighted by Crippen LogP contribution is 2.44. The number of rotatable bonds is 8. The molecule has 0 aliphatic rings. The third-order valence-electron chi connectivity index (χ3n) is 13.1. The molecule has 0 amide bonds. The lowest BCUT2D eigenvalue weighted by Crippen LogP contribution is -2.01. The van der Waals surface area contributed by atoms with Crippen LogP contribution in [0.3, 0.4) is 0 Å². The van der Waals surface area contributed by atoms with Crippen LogP contribution in [0, 0.1) is 0 Å². The first-order chi connectivity index (χ1) is 33.7. The molecule has 0 saturated carbocycles. The van der Waals surface area contributed by atoms with Gasteiger partial charge in [0.25, 0.3) is 0 Å². The summed E-state index contributed by atoms with van der Waals surface area (Å²) in [5.74, 6) is 1.88. The zero-order valence-corrected chi connectivity index (χ0v) is 36.9. The Bertz CT molecular complexity index is 3930. The first-order valence-electron chi connectivity index (χ1n) is 23.0. The maximum atomic E-state index is 5.13. The summed E-state index contributed by atoms with van der Waals surface area (Å²) < 4.78 is 4.81. The summed E-state index contributed by atoms with van der Waals surface area (Å²) in [6.45, 7) is 0. The minimum Gasteiger partial charge on any atom is -0.309 e. The molecule has 0 N–H and O–H groups in total. The zero-order valence-electron chi connectivity index (χ0n) is 36.9. The van der Waals surface area contributed by atoms with E-state index in [9.17, 15) is 0 Å². The van der Waals surface area contributed by atoms with Crippen molar-refractivity contribution in [2.24, 2.45) is 0 Å². The highest BCUT2D eigenvalue weighted by Gasteiger charge is 2.21. The molecule has 13 rings (SSSR count). The van der Waals surface area contributed by atoms with Crippen LogP contribution >= 0.6 is 0 Å². The lowest BCUT2D eigenvalue weighted by atomic mass is 9.95. The van der Waals surface area contributed by atoms with Crippen LogP contribution in [0.15, 0.2) is 249 Å². The Morgan fingerprint density at radius 1 is 0.235 bits per heavy atom. The summed E-state index contributed by atoms with van der Waals surface area (Å²) in [5.41, 5.74) is 16.5. The van der Waals surface area contributed by atoms with Gasteiger partial charge in [-0.05, 0) is 94.5 Å². The predicted octanol–water partition coefficient (Wildman–Crippen LogP) is 16.1. The van der Waals surface area contributed by atoms with E-state index in [1.54, 1.807) is 0 Å². The second-order valence-corrected chi connectivity index (χ2v) is 17.2. The number of hydrogen-bond donors (Lipinski definition) is 0. The summed E-state index contributed by atoms with van der Waals surface area (Å²) in [6, 6.07) is 88.4. The third-order valence-corrected chi connectivity index (χ3v) is 13.1. The van der Waals surface area contributed by atoms with Gasteiger partial charge in [-0.3, -0.25) is 0 Å². The molecule has 0 aliphatic carbocycles. The normalized spacial score (nSPS) is 11.5. The van der Waals surface area contributed by atoms with Gasteiger partial charge in [0.1, 0.15) is 0 Å². The molecule has 0 atom stereocenters. The molecular formula is C63H41N5. The molecule has 5 nitrogen and oxygen atoms in total. The van der Waals surface area contributed by atoms with E-state index in [-0.39, 0.29) is 0 Å². The molecule has 0 aliphatic heterocycles. The van der Waals surface area contributed by atoms with E-state index in [0.29, 0.717) is 17.5 Å². The molecule has 3 aromatic heterocycles. The van der Waals surface area contributed by atoms with Crippen LogP contribution in [-0.2, 0) is 0 Å². The van der Waals surface area contributed by atoms with Crippen molar-refractivity contribution >= 4 is 43.6 Å². The van der Waals surface area contributed by atoms with Crippen LogP contribution in [0.4, 0.5) is 0 Å². The second kappa shape index (κ2) is 16.4. The van der Waals surface area contributed by atoms with Gasteiger partial charge in [0.2, 0.25) is 0 Å². The van der Waals surface area contributed by atoms with Crippen molar-refractivity contribution in [2.75, 3.05) is 0 Å². The van der Waals surface area contributed by atoms with Crippen LogP contribution in [-0.4, -0.2) is 24.1 Å². The van der Waals surface area contributed by atoms with E-state index >= 15 is 0 Å². The summed E-state index contributed by atoms with van der Waals surface area (Å²) in [4.78, 5) is 15.2. The minimum absolute atomic E-state index is 0.612. The van der Waals surface area contributed by atoms with Crippen molar-refractivity contribution in [1.82, 2.24) is 24.1 Å². The number of fused-ring (bicyclic) bond motifs is 6. The van der Waals surface area contributed by atoms with E-state index < -0.39 is 0 Å². The third kappa shape index (κ3) is 6.76. The Hall–Kier alpha value is -9.19. The van der Waals surface area contributed by atoms with Crippen molar-refractivity contribution in [3.8, 4) is 78.9 Å². The molecule has 3 heterocycles. The van der Waals surface area contributed by atoms with Crippen molar-refractivity contribution in [2.45, 2.75) is 0 Å². The molecule has 13 aromatic rings.